The second-order valence-corrected chi connectivity index (χ2v) is 6.18. The van der Waals surface area contributed by atoms with E-state index in [9.17, 15) is 4.79 Å². The van der Waals surface area contributed by atoms with Crippen molar-refractivity contribution in [1.29, 1.82) is 0 Å². The molecule has 146 valence electrons. The van der Waals surface area contributed by atoms with E-state index in [1.54, 1.807) is 32.4 Å². The van der Waals surface area contributed by atoms with Gasteiger partial charge >= 0.3 is 0 Å². The third-order valence-electron chi connectivity index (χ3n) is 4.04. The molecule has 2 rings (SSSR count). The number of carbonyl (C=O) groups excluding carboxylic acids is 1. The Morgan fingerprint density at radius 3 is 2.59 bits per heavy atom. The van der Waals surface area contributed by atoms with Gasteiger partial charge in [-0.05, 0) is 43.7 Å². The first kappa shape index (κ1) is 20.6. The quantitative estimate of drug-likeness (QED) is 0.667. The smallest absolute Gasteiger partial charge is 0.226 e. The lowest BCUT2D eigenvalue weighted by atomic mass is 10.1. The van der Waals surface area contributed by atoms with E-state index in [0.717, 1.165) is 11.3 Å². The first-order valence-corrected chi connectivity index (χ1v) is 9.02. The Morgan fingerprint density at radius 2 is 1.89 bits per heavy atom. The highest BCUT2D eigenvalue weighted by Gasteiger charge is 2.12. The van der Waals surface area contributed by atoms with Crippen LogP contribution in [0.2, 0.25) is 0 Å². The number of benzene rings is 2. The fourth-order valence-electron chi connectivity index (χ4n) is 2.66. The second kappa shape index (κ2) is 10.4. The number of ether oxygens (including phenoxy) is 3. The number of rotatable bonds is 10. The number of nitrogens with one attached hydrogen (secondary N) is 2. The van der Waals surface area contributed by atoms with E-state index in [-0.39, 0.29) is 11.9 Å². The molecule has 0 bridgehead atoms. The summed E-state index contributed by atoms with van der Waals surface area (Å²) in [6.45, 7) is 5.25. The minimum atomic E-state index is -0.0819. The van der Waals surface area contributed by atoms with Crippen molar-refractivity contribution >= 4 is 11.6 Å². The molecule has 0 spiro atoms. The molecule has 0 saturated carbocycles. The van der Waals surface area contributed by atoms with E-state index in [4.69, 9.17) is 14.2 Å². The minimum Gasteiger partial charge on any atom is -0.497 e. The van der Waals surface area contributed by atoms with Crippen LogP contribution in [-0.2, 0) is 11.3 Å². The number of hydrogen-bond donors (Lipinski definition) is 2. The topological polar surface area (TPSA) is 68.8 Å². The van der Waals surface area contributed by atoms with Gasteiger partial charge in [0.1, 0.15) is 17.2 Å². The van der Waals surface area contributed by atoms with E-state index in [1.165, 1.54) is 0 Å². The van der Waals surface area contributed by atoms with Gasteiger partial charge in [0.15, 0.2) is 0 Å². The summed E-state index contributed by atoms with van der Waals surface area (Å²) in [4.78, 5) is 12.3. The molecule has 1 amide bonds. The summed E-state index contributed by atoms with van der Waals surface area (Å²) in [5.41, 5.74) is 1.74. The zero-order valence-electron chi connectivity index (χ0n) is 16.4. The van der Waals surface area contributed by atoms with Crippen molar-refractivity contribution in [3.05, 3.63) is 48.0 Å². The SMILES string of the molecule is CCOc1cccc(CNC(C)CC(=O)Nc2ccc(OC)cc2OC)c1. The number of carbonyl (C=O) groups is 1. The lowest BCUT2D eigenvalue weighted by Crippen LogP contribution is -2.30. The molecule has 6 heteroatoms. The Hall–Kier alpha value is -2.73. The maximum Gasteiger partial charge on any atom is 0.226 e. The molecule has 6 nitrogen and oxygen atoms in total. The first-order valence-electron chi connectivity index (χ1n) is 9.02. The molecule has 27 heavy (non-hydrogen) atoms. The first-order chi connectivity index (χ1) is 13.0. The van der Waals surface area contributed by atoms with E-state index in [1.807, 2.05) is 38.1 Å². The van der Waals surface area contributed by atoms with Gasteiger partial charge in [0, 0.05) is 25.1 Å². The second-order valence-electron chi connectivity index (χ2n) is 6.18. The normalized spacial score (nSPS) is 11.6. The molecule has 0 fully saturated rings. The summed E-state index contributed by atoms with van der Waals surface area (Å²) in [6.07, 6.45) is 0.348. The van der Waals surface area contributed by atoms with E-state index in [0.29, 0.717) is 36.8 Å². The van der Waals surface area contributed by atoms with Gasteiger partial charge in [-0.15, -0.1) is 0 Å². The summed E-state index contributed by atoms with van der Waals surface area (Å²) >= 11 is 0. The van der Waals surface area contributed by atoms with Gasteiger partial charge in [0.2, 0.25) is 5.91 Å². The van der Waals surface area contributed by atoms with Crippen LogP contribution < -0.4 is 24.8 Å². The van der Waals surface area contributed by atoms with Crippen LogP contribution in [0, 0.1) is 0 Å². The highest BCUT2D eigenvalue weighted by atomic mass is 16.5. The average Bonchev–Trinajstić information content (AvgIpc) is 2.67. The highest BCUT2D eigenvalue weighted by molar-refractivity contribution is 5.92. The third-order valence-corrected chi connectivity index (χ3v) is 4.04. The maximum absolute atomic E-state index is 12.3. The molecule has 1 atom stereocenters. The molecule has 2 aromatic carbocycles. The van der Waals surface area contributed by atoms with E-state index in [2.05, 4.69) is 10.6 Å². The molecule has 0 aliphatic carbocycles. The third kappa shape index (κ3) is 6.49. The lowest BCUT2D eigenvalue weighted by Gasteiger charge is -2.16. The summed E-state index contributed by atoms with van der Waals surface area (Å²) in [6, 6.07) is 13.3. The Morgan fingerprint density at radius 1 is 1.07 bits per heavy atom. The predicted octanol–water partition coefficient (Wildman–Crippen LogP) is 3.61. The van der Waals surface area contributed by atoms with Crippen LogP contribution >= 0.6 is 0 Å². The molecule has 0 aliphatic heterocycles. The summed E-state index contributed by atoms with van der Waals surface area (Å²) in [5, 5.41) is 6.25. The van der Waals surface area contributed by atoms with Gasteiger partial charge in [0.05, 0.1) is 26.5 Å². The number of hydrogen-bond acceptors (Lipinski definition) is 5. The number of amides is 1. The van der Waals surface area contributed by atoms with Gasteiger partial charge in [-0.3, -0.25) is 4.79 Å². The molecular formula is C21H28N2O4. The molecule has 0 aliphatic rings. The van der Waals surface area contributed by atoms with Crippen LogP contribution in [0.3, 0.4) is 0 Å². The molecular weight excluding hydrogens is 344 g/mol. The van der Waals surface area contributed by atoms with Crippen molar-refractivity contribution in [2.24, 2.45) is 0 Å². The molecule has 0 radical (unpaired) electrons. The standard InChI is InChI=1S/C21H28N2O4/c1-5-27-18-8-6-7-16(12-18)14-22-15(2)11-21(24)23-19-10-9-17(25-3)13-20(19)26-4/h6-10,12-13,15,22H,5,11,14H2,1-4H3,(H,23,24). The van der Waals surface area contributed by atoms with Crippen molar-refractivity contribution in [2.75, 3.05) is 26.1 Å². The van der Waals surface area contributed by atoms with Crippen molar-refractivity contribution in [2.45, 2.75) is 32.9 Å². The molecule has 2 aromatic rings. The van der Waals surface area contributed by atoms with Gasteiger partial charge in [-0.2, -0.15) is 0 Å². The van der Waals surface area contributed by atoms with E-state index < -0.39 is 0 Å². The monoisotopic (exact) mass is 372 g/mol. The molecule has 0 saturated heterocycles. The van der Waals surface area contributed by atoms with E-state index >= 15 is 0 Å². The van der Waals surface area contributed by atoms with Crippen LogP contribution in [0.4, 0.5) is 5.69 Å². The zero-order chi connectivity index (χ0) is 19.6. The largest absolute Gasteiger partial charge is 0.497 e. The van der Waals surface area contributed by atoms with Gasteiger partial charge < -0.3 is 24.8 Å². The Labute approximate surface area is 160 Å². The summed E-state index contributed by atoms with van der Waals surface area (Å²) in [5.74, 6) is 2.01. The van der Waals surface area contributed by atoms with Gasteiger partial charge in [-0.25, -0.2) is 0 Å². The maximum atomic E-state index is 12.3. The lowest BCUT2D eigenvalue weighted by molar-refractivity contribution is -0.116. The Kier molecular flexibility index (Phi) is 7.95. The zero-order valence-corrected chi connectivity index (χ0v) is 16.4. The van der Waals surface area contributed by atoms with Crippen molar-refractivity contribution in [1.82, 2.24) is 5.32 Å². The minimum absolute atomic E-state index is 0.0185. The van der Waals surface area contributed by atoms with Crippen LogP contribution in [-0.4, -0.2) is 32.8 Å². The van der Waals surface area contributed by atoms with Crippen LogP contribution in [0.25, 0.3) is 0 Å². The number of anilines is 1. The predicted molar refractivity (Wildman–Crippen MR) is 107 cm³/mol. The van der Waals surface area contributed by atoms with Gasteiger partial charge in [-0.1, -0.05) is 12.1 Å². The van der Waals surface area contributed by atoms with Crippen molar-refractivity contribution < 1.29 is 19.0 Å². The van der Waals surface area contributed by atoms with Gasteiger partial charge in [0.25, 0.3) is 0 Å². The Bertz CT molecular complexity index is 749. The van der Waals surface area contributed by atoms with Crippen LogP contribution in [0.5, 0.6) is 17.2 Å². The molecule has 1 unspecified atom stereocenters. The van der Waals surface area contributed by atoms with Crippen molar-refractivity contribution in [3.63, 3.8) is 0 Å². The van der Waals surface area contributed by atoms with Crippen molar-refractivity contribution in [3.8, 4) is 17.2 Å². The summed E-state index contributed by atoms with van der Waals surface area (Å²) < 4.78 is 16.0. The van der Waals surface area contributed by atoms with Crippen LogP contribution in [0.15, 0.2) is 42.5 Å². The molecule has 2 N–H and O–H groups in total. The highest BCUT2D eigenvalue weighted by Crippen LogP contribution is 2.29. The summed E-state index contributed by atoms with van der Waals surface area (Å²) in [7, 11) is 3.15. The fourth-order valence-corrected chi connectivity index (χ4v) is 2.66. The number of methoxy groups -OCH3 is 2. The van der Waals surface area contributed by atoms with Crippen LogP contribution in [0.1, 0.15) is 25.8 Å². The molecule has 0 aromatic heterocycles. The average molecular weight is 372 g/mol. The Balaban J connectivity index is 1.86. The molecule has 0 heterocycles. The fraction of sp³-hybridized carbons (Fsp3) is 0.381.